The van der Waals surface area contributed by atoms with E-state index in [9.17, 15) is 4.79 Å². The SMILES string of the molecule is Cc1on(C(C)(C)c2ccccc2)c(=O)c1-c1ccc(Cl)cc1. The van der Waals surface area contributed by atoms with Crippen molar-refractivity contribution < 1.29 is 4.52 Å². The maximum Gasteiger partial charge on any atom is 0.291 e. The van der Waals surface area contributed by atoms with E-state index in [1.54, 1.807) is 12.1 Å². The van der Waals surface area contributed by atoms with Gasteiger partial charge in [0, 0.05) is 5.02 Å². The normalized spacial score (nSPS) is 11.7. The quantitative estimate of drug-likeness (QED) is 0.689. The summed E-state index contributed by atoms with van der Waals surface area (Å²) in [7, 11) is 0. The van der Waals surface area contributed by atoms with E-state index < -0.39 is 5.54 Å². The molecule has 0 spiro atoms. The molecule has 0 amide bonds. The molecule has 0 N–H and O–H groups in total. The average molecular weight is 328 g/mol. The van der Waals surface area contributed by atoms with Crippen molar-refractivity contribution in [2.24, 2.45) is 0 Å². The van der Waals surface area contributed by atoms with Gasteiger partial charge in [-0.15, -0.1) is 0 Å². The van der Waals surface area contributed by atoms with Crippen molar-refractivity contribution in [3.8, 4) is 11.1 Å². The second-order valence-electron chi connectivity index (χ2n) is 6.05. The number of hydrogen-bond donors (Lipinski definition) is 0. The second kappa shape index (κ2) is 5.74. The molecule has 0 bridgehead atoms. The Morgan fingerprint density at radius 3 is 2.22 bits per heavy atom. The van der Waals surface area contributed by atoms with E-state index in [2.05, 4.69) is 0 Å². The van der Waals surface area contributed by atoms with Gasteiger partial charge in [0.15, 0.2) is 0 Å². The highest BCUT2D eigenvalue weighted by Gasteiger charge is 2.29. The van der Waals surface area contributed by atoms with Gasteiger partial charge in [-0.05, 0) is 44.0 Å². The fourth-order valence-corrected chi connectivity index (χ4v) is 2.88. The van der Waals surface area contributed by atoms with E-state index in [4.69, 9.17) is 16.1 Å². The molecular weight excluding hydrogens is 310 g/mol. The van der Waals surface area contributed by atoms with Gasteiger partial charge in [-0.1, -0.05) is 54.1 Å². The van der Waals surface area contributed by atoms with Gasteiger partial charge >= 0.3 is 0 Å². The Bertz CT molecular complexity index is 874. The van der Waals surface area contributed by atoms with Crippen LogP contribution in [0, 0.1) is 6.92 Å². The largest absolute Gasteiger partial charge is 0.380 e. The zero-order valence-corrected chi connectivity index (χ0v) is 14.1. The Hall–Kier alpha value is -2.26. The summed E-state index contributed by atoms with van der Waals surface area (Å²) in [6.07, 6.45) is 0. The lowest BCUT2D eigenvalue weighted by Gasteiger charge is -2.24. The molecule has 4 heteroatoms. The second-order valence-corrected chi connectivity index (χ2v) is 6.49. The Kier molecular flexibility index (Phi) is 3.90. The first-order valence-corrected chi connectivity index (χ1v) is 7.84. The summed E-state index contributed by atoms with van der Waals surface area (Å²) in [4.78, 5) is 12.9. The predicted octanol–water partition coefficient (Wildman–Crippen LogP) is 4.85. The van der Waals surface area contributed by atoms with Gasteiger partial charge < -0.3 is 4.52 Å². The lowest BCUT2D eigenvalue weighted by atomic mass is 9.94. The van der Waals surface area contributed by atoms with Crippen LogP contribution in [0.2, 0.25) is 5.02 Å². The maximum atomic E-state index is 12.9. The van der Waals surface area contributed by atoms with E-state index in [1.165, 1.54) is 4.74 Å². The first-order valence-electron chi connectivity index (χ1n) is 7.46. The van der Waals surface area contributed by atoms with Crippen LogP contribution in [-0.4, -0.2) is 4.74 Å². The minimum atomic E-state index is -0.576. The van der Waals surface area contributed by atoms with Crippen molar-refractivity contribution >= 4 is 11.6 Å². The van der Waals surface area contributed by atoms with Crippen molar-refractivity contribution in [3.05, 3.63) is 81.3 Å². The fourth-order valence-electron chi connectivity index (χ4n) is 2.75. The fraction of sp³-hybridized carbons (Fsp3) is 0.211. The van der Waals surface area contributed by atoms with Crippen molar-refractivity contribution in [2.75, 3.05) is 0 Å². The summed E-state index contributed by atoms with van der Waals surface area (Å²) < 4.78 is 7.27. The van der Waals surface area contributed by atoms with E-state index in [0.29, 0.717) is 16.3 Å². The van der Waals surface area contributed by atoms with Gasteiger partial charge in [0.25, 0.3) is 5.56 Å². The monoisotopic (exact) mass is 327 g/mol. The molecule has 0 saturated carbocycles. The lowest BCUT2D eigenvalue weighted by Crippen LogP contribution is -2.34. The summed E-state index contributed by atoms with van der Waals surface area (Å²) >= 11 is 5.93. The molecule has 0 atom stereocenters. The molecular formula is C19H18ClNO2. The molecule has 118 valence electrons. The predicted molar refractivity (Wildman–Crippen MR) is 93.0 cm³/mol. The molecule has 0 aliphatic heterocycles. The third-order valence-electron chi connectivity index (χ3n) is 4.10. The number of rotatable bonds is 3. The molecule has 0 unspecified atom stereocenters. The lowest BCUT2D eigenvalue weighted by molar-refractivity contribution is 0.166. The molecule has 23 heavy (non-hydrogen) atoms. The van der Waals surface area contributed by atoms with Crippen molar-refractivity contribution in [1.82, 2.24) is 4.74 Å². The molecule has 0 saturated heterocycles. The summed E-state index contributed by atoms with van der Waals surface area (Å²) in [6.45, 7) is 5.75. The summed E-state index contributed by atoms with van der Waals surface area (Å²) in [6, 6.07) is 17.1. The van der Waals surface area contributed by atoms with Crippen LogP contribution in [0.4, 0.5) is 0 Å². The van der Waals surface area contributed by atoms with E-state index in [1.807, 2.05) is 63.2 Å². The molecule has 0 aliphatic rings. The highest BCUT2D eigenvalue weighted by Crippen LogP contribution is 2.28. The smallest absolute Gasteiger partial charge is 0.291 e. The first-order chi connectivity index (χ1) is 10.9. The standard InChI is InChI=1S/C19H18ClNO2/c1-13-17(14-9-11-16(20)12-10-14)18(22)21(23-13)19(2,3)15-7-5-4-6-8-15/h4-12H,1-3H3. The molecule has 1 aromatic heterocycles. The Balaban J connectivity index is 2.15. The highest BCUT2D eigenvalue weighted by atomic mass is 35.5. The molecule has 2 aromatic carbocycles. The summed E-state index contributed by atoms with van der Waals surface area (Å²) in [5.41, 5.74) is 1.68. The molecule has 0 fully saturated rings. The molecule has 0 aliphatic carbocycles. The number of hydrogen-bond acceptors (Lipinski definition) is 2. The summed E-state index contributed by atoms with van der Waals surface area (Å²) in [5, 5.41) is 0.639. The van der Waals surface area contributed by atoms with Gasteiger partial charge in [0.2, 0.25) is 0 Å². The molecule has 3 rings (SSSR count). The average Bonchev–Trinajstić information content (AvgIpc) is 2.85. The minimum Gasteiger partial charge on any atom is -0.380 e. The van der Waals surface area contributed by atoms with Crippen LogP contribution in [0.1, 0.15) is 25.2 Å². The van der Waals surface area contributed by atoms with Crippen LogP contribution < -0.4 is 5.56 Å². The van der Waals surface area contributed by atoms with Crippen LogP contribution in [0.3, 0.4) is 0 Å². The number of aromatic nitrogens is 1. The minimum absolute atomic E-state index is 0.140. The molecule has 3 aromatic rings. The molecule has 0 radical (unpaired) electrons. The third-order valence-corrected chi connectivity index (χ3v) is 4.35. The Morgan fingerprint density at radius 1 is 1.00 bits per heavy atom. The zero-order chi connectivity index (χ0) is 16.6. The number of nitrogens with zero attached hydrogens (tertiary/aromatic N) is 1. The van der Waals surface area contributed by atoms with Crippen LogP contribution in [0.5, 0.6) is 0 Å². The van der Waals surface area contributed by atoms with Gasteiger partial charge in [0.1, 0.15) is 11.3 Å². The van der Waals surface area contributed by atoms with E-state index in [0.717, 1.165) is 11.1 Å². The van der Waals surface area contributed by atoms with Crippen molar-refractivity contribution in [1.29, 1.82) is 0 Å². The highest BCUT2D eigenvalue weighted by molar-refractivity contribution is 6.30. The number of aryl methyl sites for hydroxylation is 1. The van der Waals surface area contributed by atoms with Crippen molar-refractivity contribution in [2.45, 2.75) is 26.3 Å². The molecule has 1 heterocycles. The van der Waals surface area contributed by atoms with Gasteiger partial charge in [0.05, 0.1) is 5.56 Å². The first kappa shape index (κ1) is 15.6. The van der Waals surface area contributed by atoms with Crippen LogP contribution in [0.25, 0.3) is 11.1 Å². The zero-order valence-electron chi connectivity index (χ0n) is 13.3. The van der Waals surface area contributed by atoms with E-state index >= 15 is 0 Å². The maximum absolute atomic E-state index is 12.9. The summed E-state index contributed by atoms with van der Waals surface area (Å²) in [5.74, 6) is 0.598. The Morgan fingerprint density at radius 2 is 1.61 bits per heavy atom. The van der Waals surface area contributed by atoms with E-state index in [-0.39, 0.29) is 5.56 Å². The van der Waals surface area contributed by atoms with Crippen molar-refractivity contribution in [3.63, 3.8) is 0 Å². The van der Waals surface area contributed by atoms with Gasteiger partial charge in [-0.2, -0.15) is 4.74 Å². The third kappa shape index (κ3) is 2.73. The topological polar surface area (TPSA) is 35.1 Å². The van der Waals surface area contributed by atoms with Crippen LogP contribution in [-0.2, 0) is 5.54 Å². The van der Waals surface area contributed by atoms with Gasteiger partial charge in [-0.25, -0.2) is 0 Å². The van der Waals surface area contributed by atoms with Crippen LogP contribution >= 0.6 is 11.6 Å². The number of benzene rings is 2. The number of halogens is 1. The molecule has 3 nitrogen and oxygen atoms in total. The van der Waals surface area contributed by atoms with Gasteiger partial charge in [-0.3, -0.25) is 4.79 Å². The van der Waals surface area contributed by atoms with Crippen LogP contribution in [0.15, 0.2) is 63.9 Å². The Labute approximate surface area is 140 Å².